The summed E-state index contributed by atoms with van der Waals surface area (Å²) in [6, 6.07) is 10.9. The van der Waals surface area contributed by atoms with Crippen molar-refractivity contribution in [2.75, 3.05) is 52.3 Å². The minimum atomic E-state index is -0.189. The molecule has 1 saturated heterocycles. The number of benzene rings is 2. The van der Waals surface area contributed by atoms with Gasteiger partial charge in [0, 0.05) is 43.9 Å². The largest absolute Gasteiger partial charge is 0.497 e. The van der Waals surface area contributed by atoms with Crippen LogP contribution in [0, 0.1) is 0 Å². The Kier molecular flexibility index (Phi) is 5.76. The smallest absolute Gasteiger partial charge is 0.262 e. The van der Waals surface area contributed by atoms with E-state index in [-0.39, 0.29) is 18.4 Å². The number of nitrogens with one attached hydrogen (secondary N) is 1. The maximum atomic E-state index is 12.9. The number of methoxy groups -OCH3 is 2. The van der Waals surface area contributed by atoms with Gasteiger partial charge in [0.1, 0.15) is 17.2 Å². The highest BCUT2D eigenvalue weighted by molar-refractivity contribution is 5.99. The van der Waals surface area contributed by atoms with Crippen molar-refractivity contribution in [3.05, 3.63) is 47.5 Å². The first-order chi connectivity index (χ1) is 14.6. The maximum absolute atomic E-state index is 12.9. The summed E-state index contributed by atoms with van der Waals surface area (Å²) in [4.78, 5) is 28.5. The molecule has 0 spiro atoms. The summed E-state index contributed by atoms with van der Waals surface area (Å²) in [6.07, 6.45) is 0. The van der Waals surface area contributed by atoms with Crippen LogP contribution in [-0.4, -0.2) is 68.6 Å². The predicted molar refractivity (Wildman–Crippen MR) is 111 cm³/mol. The minimum Gasteiger partial charge on any atom is -0.497 e. The van der Waals surface area contributed by atoms with Crippen molar-refractivity contribution >= 4 is 17.5 Å². The van der Waals surface area contributed by atoms with Crippen molar-refractivity contribution in [1.82, 2.24) is 9.80 Å². The molecule has 1 fully saturated rings. The molecule has 1 N–H and O–H groups in total. The molecule has 0 aromatic heterocycles. The molecular weight excluding hydrogens is 386 g/mol. The zero-order valence-electron chi connectivity index (χ0n) is 17.1. The van der Waals surface area contributed by atoms with Gasteiger partial charge in [0.15, 0.2) is 6.61 Å². The molecule has 0 saturated carbocycles. The second-order valence-corrected chi connectivity index (χ2v) is 7.29. The van der Waals surface area contributed by atoms with E-state index in [0.29, 0.717) is 30.1 Å². The highest BCUT2D eigenvalue weighted by Crippen LogP contribution is 2.29. The topological polar surface area (TPSA) is 80.3 Å². The first-order valence-electron chi connectivity index (χ1n) is 9.86. The number of hydrogen-bond donors (Lipinski definition) is 1. The second kappa shape index (κ2) is 8.62. The van der Waals surface area contributed by atoms with Gasteiger partial charge in [-0.3, -0.25) is 14.5 Å². The Bertz CT molecular complexity index is 954. The summed E-state index contributed by atoms with van der Waals surface area (Å²) in [5.74, 6) is 1.94. The number of ether oxygens (including phenoxy) is 3. The monoisotopic (exact) mass is 411 g/mol. The van der Waals surface area contributed by atoms with Gasteiger partial charge in [-0.25, -0.2) is 0 Å². The van der Waals surface area contributed by atoms with Gasteiger partial charge in [-0.15, -0.1) is 0 Å². The van der Waals surface area contributed by atoms with Crippen LogP contribution in [0.15, 0.2) is 36.4 Å². The molecule has 2 aromatic rings. The molecule has 2 amide bonds. The first-order valence-corrected chi connectivity index (χ1v) is 9.86. The number of carbonyl (C=O) groups is 2. The molecule has 30 heavy (non-hydrogen) atoms. The average molecular weight is 411 g/mol. The molecule has 4 rings (SSSR count). The van der Waals surface area contributed by atoms with E-state index in [1.807, 2.05) is 23.1 Å². The van der Waals surface area contributed by atoms with Crippen LogP contribution >= 0.6 is 0 Å². The predicted octanol–water partition coefficient (Wildman–Crippen LogP) is 1.99. The van der Waals surface area contributed by atoms with E-state index >= 15 is 0 Å². The third kappa shape index (κ3) is 4.18. The number of piperazine rings is 1. The van der Waals surface area contributed by atoms with E-state index < -0.39 is 0 Å². The summed E-state index contributed by atoms with van der Waals surface area (Å²) < 4.78 is 16.2. The van der Waals surface area contributed by atoms with E-state index in [0.717, 1.165) is 36.7 Å². The number of amides is 2. The molecule has 0 bridgehead atoms. The third-order valence-electron chi connectivity index (χ3n) is 5.40. The zero-order valence-corrected chi connectivity index (χ0v) is 17.1. The number of carbonyl (C=O) groups excluding carboxylic acids is 2. The maximum Gasteiger partial charge on any atom is 0.262 e. The summed E-state index contributed by atoms with van der Waals surface area (Å²) in [7, 11) is 3.31. The fourth-order valence-electron chi connectivity index (χ4n) is 3.75. The zero-order chi connectivity index (χ0) is 21.1. The number of rotatable bonds is 5. The molecular formula is C22H25N3O5. The number of fused-ring (bicyclic) bond motifs is 1. The van der Waals surface area contributed by atoms with Crippen LogP contribution < -0.4 is 19.5 Å². The van der Waals surface area contributed by atoms with Crippen LogP contribution in [0.3, 0.4) is 0 Å². The van der Waals surface area contributed by atoms with E-state index in [4.69, 9.17) is 14.2 Å². The van der Waals surface area contributed by atoms with Crippen LogP contribution in [0.4, 0.5) is 5.69 Å². The quantitative estimate of drug-likeness (QED) is 0.811. The summed E-state index contributed by atoms with van der Waals surface area (Å²) >= 11 is 0. The van der Waals surface area contributed by atoms with Gasteiger partial charge < -0.3 is 24.4 Å². The lowest BCUT2D eigenvalue weighted by Crippen LogP contribution is -2.48. The lowest BCUT2D eigenvalue weighted by atomic mass is 10.1. The molecule has 2 aromatic carbocycles. The Morgan fingerprint density at radius 3 is 2.60 bits per heavy atom. The Morgan fingerprint density at radius 1 is 1.07 bits per heavy atom. The molecule has 2 aliphatic heterocycles. The van der Waals surface area contributed by atoms with Gasteiger partial charge in [-0.2, -0.15) is 0 Å². The minimum absolute atomic E-state index is 0.0306. The van der Waals surface area contributed by atoms with Gasteiger partial charge in [0.2, 0.25) is 0 Å². The molecule has 0 aliphatic carbocycles. The summed E-state index contributed by atoms with van der Waals surface area (Å²) in [5, 5.41) is 2.74. The lowest BCUT2D eigenvalue weighted by Gasteiger charge is -2.35. The van der Waals surface area contributed by atoms with E-state index in [1.54, 1.807) is 32.4 Å². The normalized spacial score (nSPS) is 16.3. The molecule has 0 atom stereocenters. The SMILES string of the molecule is COc1ccc(OC)c(CN2CCN(C(=O)c3ccc4c(c3)OCC(=O)N4)CC2)c1. The number of nitrogens with zero attached hydrogens (tertiary/aromatic N) is 2. The highest BCUT2D eigenvalue weighted by atomic mass is 16.5. The molecule has 158 valence electrons. The van der Waals surface area contributed by atoms with Crippen molar-refractivity contribution in [3.63, 3.8) is 0 Å². The second-order valence-electron chi connectivity index (χ2n) is 7.29. The van der Waals surface area contributed by atoms with Crippen molar-refractivity contribution < 1.29 is 23.8 Å². The Hall–Kier alpha value is -3.26. The molecule has 2 heterocycles. The Labute approximate surface area is 175 Å². The molecule has 8 heteroatoms. The Balaban J connectivity index is 1.38. The average Bonchev–Trinajstić information content (AvgIpc) is 2.78. The fraction of sp³-hybridized carbons (Fsp3) is 0.364. The highest BCUT2D eigenvalue weighted by Gasteiger charge is 2.25. The summed E-state index contributed by atoms with van der Waals surface area (Å²) in [5.41, 5.74) is 2.22. The lowest BCUT2D eigenvalue weighted by molar-refractivity contribution is -0.118. The summed E-state index contributed by atoms with van der Waals surface area (Å²) in [6.45, 7) is 3.51. The van der Waals surface area contributed by atoms with Crippen LogP contribution in [0.5, 0.6) is 17.2 Å². The third-order valence-corrected chi connectivity index (χ3v) is 5.40. The van der Waals surface area contributed by atoms with Crippen molar-refractivity contribution in [2.45, 2.75) is 6.54 Å². The van der Waals surface area contributed by atoms with Gasteiger partial charge in [0.25, 0.3) is 11.8 Å². The van der Waals surface area contributed by atoms with Crippen molar-refractivity contribution in [3.8, 4) is 17.2 Å². The van der Waals surface area contributed by atoms with E-state index in [2.05, 4.69) is 10.2 Å². The molecule has 2 aliphatic rings. The fourth-order valence-corrected chi connectivity index (χ4v) is 3.75. The van der Waals surface area contributed by atoms with Gasteiger partial charge >= 0.3 is 0 Å². The van der Waals surface area contributed by atoms with Crippen LogP contribution in [-0.2, 0) is 11.3 Å². The van der Waals surface area contributed by atoms with Crippen LogP contribution in [0.1, 0.15) is 15.9 Å². The number of hydrogen-bond acceptors (Lipinski definition) is 6. The Morgan fingerprint density at radius 2 is 1.87 bits per heavy atom. The van der Waals surface area contributed by atoms with Crippen LogP contribution in [0.2, 0.25) is 0 Å². The van der Waals surface area contributed by atoms with Gasteiger partial charge in [-0.05, 0) is 36.4 Å². The van der Waals surface area contributed by atoms with Gasteiger partial charge in [-0.1, -0.05) is 0 Å². The molecule has 8 nitrogen and oxygen atoms in total. The standard InChI is InChI=1S/C22H25N3O5/c1-28-17-4-6-19(29-2)16(11-17)13-24-7-9-25(10-8-24)22(27)15-3-5-18-20(12-15)30-14-21(26)23-18/h3-6,11-12H,7-10,13-14H2,1-2H3,(H,23,26). The number of anilines is 1. The van der Waals surface area contributed by atoms with Crippen LogP contribution in [0.25, 0.3) is 0 Å². The van der Waals surface area contributed by atoms with E-state index in [9.17, 15) is 9.59 Å². The van der Waals surface area contributed by atoms with Crippen molar-refractivity contribution in [2.24, 2.45) is 0 Å². The molecule has 0 unspecified atom stereocenters. The molecule has 0 radical (unpaired) electrons. The van der Waals surface area contributed by atoms with Gasteiger partial charge in [0.05, 0.1) is 19.9 Å². The van der Waals surface area contributed by atoms with E-state index in [1.165, 1.54) is 0 Å². The van der Waals surface area contributed by atoms with Crippen molar-refractivity contribution in [1.29, 1.82) is 0 Å². The first kappa shape index (κ1) is 20.0.